The third kappa shape index (κ3) is 3.65. The zero-order chi connectivity index (χ0) is 14.4. The Morgan fingerprint density at radius 3 is 2.58 bits per heavy atom. The lowest BCUT2D eigenvalue weighted by Gasteiger charge is -2.11. The second-order valence-corrected chi connectivity index (χ2v) is 3.82. The highest BCUT2D eigenvalue weighted by Gasteiger charge is 2.22. The van der Waals surface area contributed by atoms with Crippen molar-refractivity contribution in [3.8, 4) is 11.5 Å². The van der Waals surface area contributed by atoms with Gasteiger partial charge in [-0.15, -0.1) is 0 Å². The van der Waals surface area contributed by atoms with Crippen LogP contribution >= 0.6 is 0 Å². The van der Waals surface area contributed by atoms with Gasteiger partial charge in [-0.25, -0.2) is 0 Å². The summed E-state index contributed by atoms with van der Waals surface area (Å²) < 4.78 is 10.4. The molecule has 1 aromatic rings. The first kappa shape index (κ1) is 14.9. The molecular weight excluding hydrogens is 252 g/mol. The summed E-state index contributed by atoms with van der Waals surface area (Å²) in [7, 11) is 1.40. The number of methoxy groups -OCH3 is 1. The van der Waals surface area contributed by atoms with E-state index in [4.69, 9.17) is 15.2 Å². The second-order valence-electron chi connectivity index (χ2n) is 3.82. The van der Waals surface area contributed by atoms with Gasteiger partial charge in [-0.05, 0) is 19.9 Å². The molecule has 1 aromatic carbocycles. The van der Waals surface area contributed by atoms with E-state index in [0.717, 1.165) is 0 Å². The van der Waals surface area contributed by atoms with E-state index in [1.54, 1.807) is 0 Å². The Kier molecular flexibility index (Phi) is 5.25. The van der Waals surface area contributed by atoms with Crippen LogP contribution in [0.4, 0.5) is 5.69 Å². The maximum atomic E-state index is 11.4. The van der Waals surface area contributed by atoms with Gasteiger partial charge in [-0.3, -0.25) is 14.9 Å². The molecule has 0 aliphatic rings. The first-order valence-corrected chi connectivity index (χ1v) is 5.71. The largest absolute Gasteiger partial charge is 0.493 e. The fourth-order valence-corrected chi connectivity index (χ4v) is 1.52. The number of carbonyl (C=O) groups is 1. The van der Waals surface area contributed by atoms with Crippen molar-refractivity contribution < 1.29 is 19.2 Å². The van der Waals surface area contributed by atoms with E-state index in [0.29, 0.717) is 19.6 Å². The summed E-state index contributed by atoms with van der Waals surface area (Å²) in [4.78, 5) is 21.7. The maximum Gasteiger partial charge on any atom is 0.284 e. The standard InChI is InChI=1S/C12H16N2O5/c1-8(15)9-6-11(18-2)12(19-5-3-4-13)7-10(9)14(16)17/h6-7H,3-5,13H2,1-2H3. The maximum absolute atomic E-state index is 11.4. The molecule has 7 heteroatoms. The van der Waals surface area contributed by atoms with Crippen molar-refractivity contribution >= 4 is 11.5 Å². The molecule has 0 aliphatic carbocycles. The number of hydrogen-bond donors (Lipinski definition) is 1. The van der Waals surface area contributed by atoms with Gasteiger partial charge in [0.2, 0.25) is 0 Å². The third-order valence-corrected chi connectivity index (χ3v) is 2.46. The smallest absolute Gasteiger partial charge is 0.284 e. The van der Waals surface area contributed by atoms with E-state index in [1.807, 2.05) is 0 Å². The van der Waals surface area contributed by atoms with Gasteiger partial charge in [-0.1, -0.05) is 0 Å². The highest BCUT2D eigenvalue weighted by molar-refractivity contribution is 5.98. The van der Waals surface area contributed by atoms with E-state index >= 15 is 0 Å². The minimum atomic E-state index is -0.619. The molecule has 0 aliphatic heterocycles. The van der Waals surface area contributed by atoms with E-state index in [9.17, 15) is 14.9 Å². The fraction of sp³-hybridized carbons (Fsp3) is 0.417. The molecule has 0 heterocycles. The van der Waals surface area contributed by atoms with Gasteiger partial charge < -0.3 is 15.2 Å². The molecule has 0 spiro atoms. The van der Waals surface area contributed by atoms with E-state index in [-0.39, 0.29) is 22.7 Å². The Labute approximate surface area is 110 Å². The number of hydrogen-bond acceptors (Lipinski definition) is 6. The van der Waals surface area contributed by atoms with Crippen molar-refractivity contribution in [3.05, 3.63) is 27.8 Å². The Bertz CT molecular complexity index is 487. The topological polar surface area (TPSA) is 105 Å². The van der Waals surface area contributed by atoms with Crippen LogP contribution in [-0.2, 0) is 0 Å². The number of ketones is 1. The minimum absolute atomic E-state index is 0.00646. The number of benzene rings is 1. The number of nitro groups is 1. The molecule has 0 fully saturated rings. The van der Waals surface area contributed by atoms with Crippen molar-refractivity contribution in [3.63, 3.8) is 0 Å². The molecule has 0 atom stereocenters. The zero-order valence-electron chi connectivity index (χ0n) is 10.8. The van der Waals surface area contributed by atoms with Crippen LogP contribution < -0.4 is 15.2 Å². The van der Waals surface area contributed by atoms with Gasteiger partial charge in [-0.2, -0.15) is 0 Å². The number of nitro benzene ring substituents is 1. The normalized spacial score (nSPS) is 10.1. The molecule has 0 bridgehead atoms. The van der Waals surface area contributed by atoms with E-state index in [2.05, 4.69) is 0 Å². The lowest BCUT2D eigenvalue weighted by Crippen LogP contribution is -2.08. The van der Waals surface area contributed by atoms with Gasteiger partial charge in [0.05, 0.1) is 30.3 Å². The summed E-state index contributed by atoms with van der Waals surface area (Å²) in [6.07, 6.45) is 0.616. The molecule has 1 rings (SSSR count). The van der Waals surface area contributed by atoms with E-state index < -0.39 is 10.7 Å². The molecule has 0 radical (unpaired) electrons. The molecular formula is C12H16N2O5. The predicted octanol–water partition coefficient (Wildman–Crippen LogP) is 1.53. The molecule has 2 N–H and O–H groups in total. The van der Waals surface area contributed by atoms with Crippen LogP contribution in [0.2, 0.25) is 0 Å². The Hall–Kier alpha value is -2.15. The van der Waals surface area contributed by atoms with Crippen LogP contribution in [0, 0.1) is 10.1 Å². The van der Waals surface area contributed by atoms with E-state index in [1.165, 1.54) is 26.2 Å². The van der Waals surface area contributed by atoms with Crippen molar-refractivity contribution in [1.29, 1.82) is 0 Å². The van der Waals surface area contributed by atoms with Crippen LogP contribution in [0.3, 0.4) is 0 Å². The summed E-state index contributed by atoms with van der Waals surface area (Å²) in [5, 5.41) is 10.9. The monoisotopic (exact) mass is 268 g/mol. The van der Waals surface area contributed by atoms with Crippen molar-refractivity contribution in [2.45, 2.75) is 13.3 Å². The first-order chi connectivity index (χ1) is 9.01. The van der Waals surface area contributed by atoms with Gasteiger partial charge in [0.1, 0.15) is 0 Å². The molecule has 0 saturated carbocycles. The molecule has 104 valence electrons. The van der Waals surface area contributed by atoms with Crippen LogP contribution in [0.15, 0.2) is 12.1 Å². The molecule has 0 saturated heterocycles. The predicted molar refractivity (Wildman–Crippen MR) is 68.8 cm³/mol. The lowest BCUT2D eigenvalue weighted by atomic mass is 10.1. The number of rotatable bonds is 7. The fourth-order valence-electron chi connectivity index (χ4n) is 1.52. The average molecular weight is 268 g/mol. The Morgan fingerprint density at radius 2 is 2.11 bits per heavy atom. The van der Waals surface area contributed by atoms with Crippen molar-refractivity contribution in [2.75, 3.05) is 20.3 Å². The average Bonchev–Trinajstić information content (AvgIpc) is 2.38. The Balaban J connectivity index is 3.19. The summed E-state index contributed by atoms with van der Waals surface area (Å²) >= 11 is 0. The number of nitrogens with zero attached hydrogens (tertiary/aromatic N) is 1. The first-order valence-electron chi connectivity index (χ1n) is 5.71. The summed E-state index contributed by atoms with van der Waals surface area (Å²) in [5.74, 6) is 0.110. The summed E-state index contributed by atoms with van der Waals surface area (Å²) in [6, 6.07) is 2.52. The second kappa shape index (κ2) is 6.69. The molecule has 0 unspecified atom stereocenters. The van der Waals surface area contributed by atoms with Crippen LogP contribution in [-0.4, -0.2) is 31.0 Å². The number of Topliss-reactive ketones (excluding diaryl/α,β-unsaturated/α-hetero) is 1. The summed E-state index contributed by atoms with van der Waals surface area (Å²) in [5.41, 5.74) is 5.04. The third-order valence-electron chi connectivity index (χ3n) is 2.46. The quantitative estimate of drug-likeness (QED) is 0.348. The number of carbonyl (C=O) groups excluding carboxylic acids is 1. The SMILES string of the molecule is COc1cc(C(C)=O)c([N+](=O)[O-])cc1OCCCN. The Morgan fingerprint density at radius 1 is 1.42 bits per heavy atom. The number of ether oxygens (including phenoxy) is 2. The minimum Gasteiger partial charge on any atom is -0.493 e. The molecule has 0 amide bonds. The number of nitrogens with two attached hydrogens (primary N) is 1. The highest BCUT2D eigenvalue weighted by Crippen LogP contribution is 2.34. The van der Waals surface area contributed by atoms with Crippen LogP contribution in [0.25, 0.3) is 0 Å². The zero-order valence-corrected chi connectivity index (χ0v) is 10.8. The van der Waals surface area contributed by atoms with Gasteiger partial charge in [0.25, 0.3) is 5.69 Å². The van der Waals surface area contributed by atoms with Crippen LogP contribution in [0.5, 0.6) is 11.5 Å². The van der Waals surface area contributed by atoms with Crippen molar-refractivity contribution in [2.24, 2.45) is 5.73 Å². The van der Waals surface area contributed by atoms with Gasteiger partial charge >= 0.3 is 0 Å². The van der Waals surface area contributed by atoms with Crippen LogP contribution in [0.1, 0.15) is 23.7 Å². The molecule has 0 aromatic heterocycles. The van der Waals surface area contributed by atoms with Gasteiger partial charge in [0.15, 0.2) is 17.3 Å². The lowest BCUT2D eigenvalue weighted by molar-refractivity contribution is -0.385. The summed E-state index contributed by atoms with van der Waals surface area (Å²) in [6.45, 7) is 2.04. The van der Waals surface area contributed by atoms with Crippen molar-refractivity contribution in [1.82, 2.24) is 0 Å². The molecule has 19 heavy (non-hydrogen) atoms. The highest BCUT2D eigenvalue weighted by atomic mass is 16.6. The van der Waals surface area contributed by atoms with Gasteiger partial charge in [0, 0.05) is 6.07 Å². The molecule has 7 nitrogen and oxygen atoms in total.